The molecule has 0 amide bonds. The molecule has 5 nitrogen and oxygen atoms in total. The molecule has 0 heterocycles. The third-order valence-corrected chi connectivity index (χ3v) is 2.55. The van der Waals surface area contributed by atoms with Crippen molar-refractivity contribution in [3.8, 4) is 0 Å². The van der Waals surface area contributed by atoms with E-state index in [2.05, 4.69) is 6.58 Å². The molecule has 0 aliphatic carbocycles. The first-order chi connectivity index (χ1) is 7.36. The highest BCUT2D eigenvalue weighted by atomic mass is 16.4. The number of carbonyl (C=O) groups excluding carboxylic acids is 1. The Hall–Kier alpha value is -1.65. The highest BCUT2D eigenvalue weighted by molar-refractivity contribution is 6.19. The molecule has 0 aromatic heterocycles. The van der Waals surface area contributed by atoms with Gasteiger partial charge in [0.15, 0.2) is 5.78 Å². The third kappa shape index (κ3) is 3.18. The van der Waals surface area contributed by atoms with Crippen molar-refractivity contribution in [2.45, 2.75) is 26.7 Å². The molecule has 0 aliphatic rings. The molecule has 0 saturated carbocycles. The summed E-state index contributed by atoms with van der Waals surface area (Å²) in [6.07, 6.45) is 1.26. The van der Waals surface area contributed by atoms with Crippen molar-refractivity contribution in [2.75, 3.05) is 0 Å². The number of carboxylic acid groups (broad SMARTS) is 2. The molecule has 90 valence electrons. The van der Waals surface area contributed by atoms with Crippen molar-refractivity contribution in [1.29, 1.82) is 0 Å². The average Bonchev–Trinajstić information content (AvgIpc) is 2.18. The van der Waals surface area contributed by atoms with Gasteiger partial charge in [-0.3, -0.25) is 14.4 Å². The van der Waals surface area contributed by atoms with E-state index in [9.17, 15) is 14.4 Å². The number of hydrogen-bond donors (Lipinski definition) is 2. The maximum absolute atomic E-state index is 11.6. The number of carbonyl (C=O) groups is 3. The summed E-state index contributed by atoms with van der Waals surface area (Å²) < 4.78 is 0. The van der Waals surface area contributed by atoms with Crippen LogP contribution in [0.15, 0.2) is 12.2 Å². The Labute approximate surface area is 93.8 Å². The second-order valence-electron chi connectivity index (χ2n) is 3.51. The molecule has 0 fully saturated rings. The number of carboxylic acids is 2. The van der Waals surface area contributed by atoms with E-state index in [1.807, 2.05) is 13.8 Å². The van der Waals surface area contributed by atoms with Gasteiger partial charge in [0.25, 0.3) is 0 Å². The predicted molar refractivity (Wildman–Crippen MR) is 57.0 cm³/mol. The Morgan fingerprint density at radius 1 is 1.06 bits per heavy atom. The van der Waals surface area contributed by atoms with Gasteiger partial charge in [0, 0.05) is 0 Å². The first-order valence-corrected chi connectivity index (χ1v) is 5.05. The van der Waals surface area contributed by atoms with Gasteiger partial charge in [-0.25, -0.2) is 0 Å². The van der Waals surface area contributed by atoms with Crippen LogP contribution < -0.4 is 0 Å². The summed E-state index contributed by atoms with van der Waals surface area (Å²) in [7, 11) is 0. The van der Waals surface area contributed by atoms with E-state index in [0.717, 1.165) is 0 Å². The lowest BCUT2D eigenvalue weighted by Crippen LogP contribution is -2.33. The Morgan fingerprint density at radius 2 is 1.44 bits per heavy atom. The van der Waals surface area contributed by atoms with Crippen molar-refractivity contribution in [2.24, 2.45) is 11.8 Å². The molecule has 0 aliphatic heterocycles. The maximum atomic E-state index is 11.6. The summed E-state index contributed by atoms with van der Waals surface area (Å²) in [6, 6.07) is 0. The molecule has 0 spiro atoms. The van der Waals surface area contributed by atoms with Gasteiger partial charge in [-0.05, 0) is 24.3 Å². The van der Waals surface area contributed by atoms with Crippen molar-refractivity contribution >= 4 is 17.7 Å². The van der Waals surface area contributed by atoms with Crippen molar-refractivity contribution in [3.05, 3.63) is 12.2 Å². The fraction of sp³-hybridized carbons (Fsp3) is 0.545. The van der Waals surface area contributed by atoms with Gasteiger partial charge in [0.2, 0.25) is 5.92 Å². The van der Waals surface area contributed by atoms with E-state index in [4.69, 9.17) is 10.2 Å². The standard InChI is InChI=1S/C11H16O5/c1-4-7(5-2)6(3)9(12)8(10(13)14)11(15)16/h7-8H,3-5H2,1-2H3,(H,13,14)(H,15,16). The molecule has 0 aromatic carbocycles. The number of aliphatic carboxylic acids is 2. The smallest absolute Gasteiger partial charge is 0.325 e. The highest BCUT2D eigenvalue weighted by Gasteiger charge is 2.36. The number of rotatable bonds is 7. The lowest BCUT2D eigenvalue weighted by atomic mass is 9.87. The fourth-order valence-corrected chi connectivity index (χ4v) is 1.50. The van der Waals surface area contributed by atoms with E-state index in [1.54, 1.807) is 0 Å². The average molecular weight is 228 g/mol. The molecule has 16 heavy (non-hydrogen) atoms. The van der Waals surface area contributed by atoms with Crippen LogP contribution in [0.25, 0.3) is 0 Å². The Kier molecular flexibility index (Phi) is 5.42. The zero-order valence-electron chi connectivity index (χ0n) is 9.40. The van der Waals surface area contributed by atoms with E-state index in [-0.39, 0.29) is 11.5 Å². The summed E-state index contributed by atoms with van der Waals surface area (Å²) >= 11 is 0. The van der Waals surface area contributed by atoms with Crippen molar-refractivity contribution < 1.29 is 24.6 Å². The topological polar surface area (TPSA) is 91.7 Å². The molecule has 5 heteroatoms. The van der Waals surface area contributed by atoms with Crippen LogP contribution in [0.5, 0.6) is 0 Å². The number of Topliss-reactive ketones (excluding diaryl/α,β-unsaturated/α-hetero) is 1. The minimum atomic E-state index is -2.03. The van der Waals surface area contributed by atoms with Gasteiger partial charge in [-0.2, -0.15) is 0 Å². The minimum absolute atomic E-state index is 0.0831. The third-order valence-electron chi connectivity index (χ3n) is 2.55. The molecular weight excluding hydrogens is 212 g/mol. The van der Waals surface area contributed by atoms with Crippen LogP contribution in [0.4, 0.5) is 0 Å². The van der Waals surface area contributed by atoms with E-state index >= 15 is 0 Å². The Balaban J connectivity index is 4.95. The van der Waals surface area contributed by atoms with Gasteiger partial charge in [-0.1, -0.05) is 20.4 Å². The zero-order valence-corrected chi connectivity index (χ0v) is 9.40. The van der Waals surface area contributed by atoms with Crippen LogP contribution in [-0.2, 0) is 14.4 Å². The predicted octanol–water partition coefficient (Wildman–Crippen LogP) is 1.33. The summed E-state index contributed by atoms with van der Waals surface area (Å²) in [6.45, 7) is 7.18. The van der Waals surface area contributed by atoms with Crippen LogP contribution in [0, 0.1) is 11.8 Å². The van der Waals surface area contributed by atoms with Crippen molar-refractivity contribution in [1.82, 2.24) is 0 Å². The van der Waals surface area contributed by atoms with Crippen LogP contribution >= 0.6 is 0 Å². The van der Waals surface area contributed by atoms with E-state index < -0.39 is 23.6 Å². The summed E-state index contributed by atoms with van der Waals surface area (Å²) in [5.74, 6) is -6.40. The number of allylic oxidation sites excluding steroid dienone is 1. The second-order valence-corrected chi connectivity index (χ2v) is 3.51. The first-order valence-electron chi connectivity index (χ1n) is 5.05. The molecule has 0 atom stereocenters. The van der Waals surface area contributed by atoms with Crippen molar-refractivity contribution in [3.63, 3.8) is 0 Å². The lowest BCUT2D eigenvalue weighted by molar-refractivity contribution is -0.157. The Morgan fingerprint density at radius 3 is 1.69 bits per heavy atom. The first kappa shape index (κ1) is 14.3. The Bertz CT molecular complexity index is 300. The van der Waals surface area contributed by atoms with Gasteiger partial charge in [0.1, 0.15) is 0 Å². The largest absolute Gasteiger partial charge is 0.480 e. The molecule has 0 bridgehead atoms. The van der Waals surface area contributed by atoms with E-state index in [0.29, 0.717) is 12.8 Å². The number of hydrogen-bond acceptors (Lipinski definition) is 3. The van der Waals surface area contributed by atoms with Gasteiger partial charge >= 0.3 is 11.9 Å². The monoisotopic (exact) mass is 228 g/mol. The van der Waals surface area contributed by atoms with Crippen LogP contribution in [0.1, 0.15) is 26.7 Å². The van der Waals surface area contributed by atoms with Crippen LogP contribution in [0.3, 0.4) is 0 Å². The molecular formula is C11H16O5. The summed E-state index contributed by atoms with van der Waals surface area (Å²) in [4.78, 5) is 32.9. The summed E-state index contributed by atoms with van der Waals surface area (Å²) in [5, 5.41) is 17.3. The number of ketones is 1. The van der Waals surface area contributed by atoms with Crippen LogP contribution in [-0.4, -0.2) is 27.9 Å². The molecule has 0 saturated heterocycles. The van der Waals surface area contributed by atoms with E-state index in [1.165, 1.54) is 0 Å². The van der Waals surface area contributed by atoms with Gasteiger partial charge in [-0.15, -0.1) is 0 Å². The fourth-order valence-electron chi connectivity index (χ4n) is 1.50. The van der Waals surface area contributed by atoms with Gasteiger partial charge in [0.05, 0.1) is 0 Å². The molecule has 0 radical (unpaired) electrons. The molecule has 0 unspecified atom stereocenters. The highest BCUT2D eigenvalue weighted by Crippen LogP contribution is 2.21. The van der Waals surface area contributed by atoms with Crippen LogP contribution in [0.2, 0.25) is 0 Å². The lowest BCUT2D eigenvalue weighted by Gasteiger charge is -2.16. The molecule has 0 rings (SSSR count). The quantitative estimate of drug-likeness (QED) is 0.506. The molecule has 0 aromatic rings. The maximum Gasteiger partial charge on any atom is 0.325 e. The minimum Gasteiger partial charge on any atom is -0.480 e. The second kappa shape index (κ2) is 6.05. The SMILES string of the molecule is C=C(C(=O)C(C(=O)O)C(=O)O)C(CC)CC. The zero-order chi connectivity index (χ0) is 12.9. The summed E-state index contributed by atoms with van der Waals surface area (Å²) in [5.41, 5.74) is 0.0831. The molecule has 2 N–H and O–H groups in total. The normalized spacial score (nSPS) is 10.5. The van der Waals surface area contributed by atoms with Gasteiger partial charge < -0.3 is 10.2 Å².